The third-order valence-electron chi connectivity index (χ3n) is 8.86. The predicted octanol–water partition coefficient (Wildman–Crippen LogP) is 5.46. The minimum absolute atomic E-state index is 0.0254. The molecule has 0 radical (unpaired) electrons. The van der Waals surface area contributed by atoms with Gasteiger partial charge in [-0.15, -0.1) is 0 Å². The number of halogens is 4. The summed E-state index contributed by atoms with van der Waals surface area (Å²) in [5, 5.41) is 12.7. The Labute approximate surface area is 244 Å². The van der Waals surface area contributed by atoms with Crippen LogP contribution >= 0.6 is 0 Å². The first-order valence-electron chi connectivity index (χ1n) is 14.4. The lowest BCUT2D eigenvalue weighted by atomic mass is 9.58. The van der Waals surface area contributed by atoms with Gasteiger partial charge in [0, 0.05) is 31.1 Å². The highest BCUT2D eigenvalue weighted by Gasteiger charge is 2.56. The molecule has 0 spiro atoms. The van der Waals surface area contributed by atoms with E-state index in [1.54, 1.807) is 31.2 Å². The molecule has 10 heteroatoms. The molecule has 6 nitrogen and oxygen atoms in total. The van der Waals surface area contributed by atoms with Gasteiger partial charge in [0.25, 0.3) is 0 Å². The van der Waals surface area contributed by atoms with Gasteiger partial charge in [0.1, 0.15) is 11.9 Å². The van der Waals surface area contributed by atoms with E-state index in [-0.39, 0.29) is 49.4 Å². The van der Waals surface area contributed by atoms with Crippen molar-refractivity contribution in [3.8, 4) is 6.07 Å². The Hall–Kier alpha value is -3.29. The Bertz CT molecular complexity index is 1340. The number of nitrogens with zero attached hydrogens (tertiary/aromatic N) is 3. The molecule has 2 heterocycles. The molecule has 0 bridgehead atoms. The summed E-state index contributed by atoms with van der Waals surface area (Å²) in [5.74, 6) is -3.40. The Balaban J connectivity index is 1.88. The van der Waals surface area contributed by atoms with E-state index in [0.717, 1.165) is 17.9 Å². The van der Waals surface area contributed by atoms with E-state index in [2.05, 4.69) is 11.4 Å². The maximum atomic E-state index is 15.1. The summed E-state index contributed by atoms with van der Waals surface area (Å²) < 4.78 is 57.0. The van der Waals surface area contributed by atoms with Crippen molar-refractivity contribution in [3.63, 3.8) is 0 Å². The summed E-state index contributed by atoms with van der Waals surface area (Å²) >= 11 is 0. The van der Waals surface area contributed by atoms with Crippen molar-refractivity contribution in [2.45, 2.75) is 57.2 Å². The van der Waals surface area contributed by atoms with Crippen LogP contribution in [0.4, 0.5) is 17.6 Å². The minimum Gasteiger partial charge on any atom is -0.330 e. The number of carbonyl (C=O) groups excluding carboxylic acids is 2. The molecule has 2 aliphatic heterocycles. The fraction of sp³-hybridized carbons (Fsp3) is 0.531. The van der Waals surface area contributed by atoms with Gasteiger partial charge in [0.05, 0.1) is 23.0 Å². The summed E-state index contributed by atoms with van der Waals surface area (Å²) in [6.45, 7) is 2.54. The van der Waals surface area contributed by atoms with E-state index in [9.17, 15) is 28.0 Å². The molecule has 2 aromatic carbocycles. The first-order valence-corrected chi connectivity index (χ1v) is 14.4. The van der Waals surface area contributed by atoms with Gasteiger partial charge >= 0.3 is 6.18 Å². The third-order valence-corrected chi connectivity index (χ3v) is 8.86. The number of piperidine rings is 1. The van der Waals surface area contributed by atoms with E-state index < -0.39 is 41.2 Å². The second-order valence-electron chi connectivity index (χ2n) is 11.8. The predicted molar refractivity (Wildman–Crippen MR) is 151 cm³/mol. The van der Waals surface area contributed by atoms with E-state index in [1.807, 2.05) is 19.0 Å². The van der Waals surface area contributed by atoms with Crippen LogP contribution in [-0.4, -0.2) is 74.0 Å². The molecule has 2 aliphatic rings. The summed E-state index contributed by atoms with van der Waals surface area (Å²) in [6, 6.07) is 11.0. The summed E-state index contributed by atoms with van der Waals surface area (Å²) in [4.78, 5) is 31.7. The number of alkyl halides is 3. The largest absolute Gasteiger partial charge is 0.408 e. The first kappa shape index (κ1) is 31.6. The van der Waals surface area contributed by atoms with Crippen LogP contribution in [0.25, 0.3) is 0 Å². The van der Waals surface area contributed by atoms with Gasteiger partial charge in [-0.05, 0) is 82.6 Å². The standard InChI is InChI=1S/C32H38F4N4O2/c1-21-24(11-7-12-26(21)33)28-25(30(42)40-16-8-13-27(40)32(34,35)36)19-38-20-31(28,14-4-5-15-39(2)3)29(41)23-10-6-9-22(17-23)18-37/h6-7,9-12,17,25,27-28,38H,4-5,8,13-16,19-20H2,1-3H3/t25-,27+,28+,31+/m1/s1. The molecule has 4 atom stereocenters. The van der Waals surface area contributed by atoms with Crippen LogP contribution in [0.2, 0.25) is 0 Å². The normalized spacial score (nSPS) is 24.5. The number of amides is 1. The second-order valence-corrected chi connectivity index (χ2v) is 11.8. The quantitative estimate of drug-likeness (QED) is 0.240. The van der Waals surface area contributed by atoms with E-state index in [1.165, 1.54) is 18.2 Å². The van der Waals surface area contributed by atoms with Crippen molar-refractivity contribution in [3.05, 3.63) is 70.5 Å². The Morgan fingerprint density at radius 2 is 1.90 bits per heavy atom. The first-order chi connectivity index (χ1) is 19.9. The number of unbranched alkanes of at least 4 members (excludes halogenated alkanes) is 1. The topological polar surface area (TPSA) is 76.4 Å². The van der Waals surface area contributed by atoms with Crippen LogP contribution in [0.15, 0.2) is 42.5 Å². The van der Waals surface area contributed by atoms with Crippen molar-refractivity contribution in [1.82, 2.24) is 15.1 Å². The van der Waals surface area contributed by atoms with Gasteiger partial charge in [0.15, 0.2) is 5.78 Å². The van der Waals surface area contributed by atoms with E-state index in [0.29, 0.717) is 24.0 Å². The molecule has 0 saturated carbocycles. The monoisotopic (exact) mass is 586 g/mol. The summed E-state index contributed by atoms with van der Waals surface area (Å²) in [5.41, 5.74) is 0.0288. The lowest BCUT2D eigenvalue weighted by Crippen LogP contribution is -2.59. The number of benzene rings is 2. The van der Waals surface area contributed by atoms with Gasteiger partial charge in [-0.3, -0.25) is 9.59 Å². The average molecular weight is 587 g/mol. The molecule has 0 aromatic heterocycles. The van der Waals surface area contributed by atoms with Crippen LogP contribution in [0.3, 0.4) is 0 Å². The highest BCUT2D eigenvalue weighted by molar-refractivity contribution is 6.02. The lowest BCUT2D eigenvalue weighted by molar-refractivity contribution is -0.185. The van der Waals surface area contributed by atoms with Crippen molar-refractivity contribution in [1.29, 1.82) is 5.26 Å². The molecule has 2 aromatic rings. The maximum Gasteiger partial charge on any atom is 0.408 e. The maximum absolute atomic E-state index is 15.1. The SMILES string of the molecule is Cc1c(F)cccc1[C@H]1[C@H](C(=O)N2CCC[C@H]2C(F)(F)F)CNC[C@]1(CCCCN(C)C)C(=O)c1cccc(C#N)c1. The zero-order valence-electron chi connectivity index (χ0n) is 24.3. The highest BCUT2D eigenvalue weighted by atomic mass is 19.4. The molecule has 42 heavy (non-hydrogen) atoms. The molecule has 4 rings (SSSR count). The number of hydrogen-bond acceptors (Lipinski definition) is 5. The number of likely N-dealkylation sites (tertiary alicyclic amines) is 1. The summed E-state index contributed by atoms with van der Waals surface area (Å²) in [7, 11) is 3.88. The fourth-order valence-electron chi connectivity index (χ4n) is 6.82. The van der Waals surface area contributed by atoms with Crippen LogP contribution in [-0.2, 0) is 4.79 Å². The van der Waals surface area contributed by atoms with Crippen molar-refractivity contribution >= 4 is 11.7 Å². The van der Waals surface area contributed by atoms with Crippen molar-refractivity contribution < 1.29 is 27.2 Å². The van der Waals surface area contributed by atoms with Crippen molar-refractivity contribution in [2.24, 2.45) is 11.3 Å². The highest BCUT2D eigenvalue weighted by Crippen LogP contribution is 2.51. The minimum atomic E-state index is -4.57. The molecule has 0 unspecified atom stereocenters. The van der Waals surface area contributed by atoms with Gasteiger partial charge in [0.2, 0.25) is 5.91 Å². The summed E-state index contributed by atoms with van der Waals surface area (Å²) in [6.07, 6.45) is -2.84. The van der Waals surface area contributed by atoms with Crippen LogP contribution in [0.1, 0.15) is 65.1 Å². The third kappa shape index (κ3) is 6.37. The van der Waals surface area contributed by atoms with Gasteiger partial charge in [-0.25, -0.2) is 4.39 Å². The van der Waals surface area contributed by atoms with Crippen LogP contribution < -0.4 is 5.32 Å². The zero-order valence-corrected chi connectivity index (χ0v) is 24.3. The number of rotatable bonds is 9. The molecule has 2 fully saturated rings. The van der Waals surface area contributed by atoms with E-state index >= 15 is 4.39 Å². The van der Waals surface area contributed by atoms with Gasteiger partial charge in [-0.2, -0.15) is 18.4 Å². The molecular formula is C32H38F4N4O2. The Morgan fingerprint density at radius 1 is 1.17 bits per heavy atom. The molecular weight excluding hydrogens is 548 g/mol. The fourth-order valence-corrected chi connectivity index (χ4v) is 6.82. The number of ketones is 1. The average Bonchev–Trinajstić information content (AvgIpc) is 3.47. The molecule has 226 valence electrons. The van der Waals surface area contributed by atoms with Crippen LogP contribution in [0, 0.1) is 35.4 Å². The molecule has 0 aliphatic carbocycles. The van der Waals surface area contributed by atoms with Crippen LogP contribution in [0.5, 0.6) is 0 Å². The van der Waals surface area contributed by atoms with Gasteiger partial charge in [-0.1, -0.05) is 30.7 Å². The zero-order chi connectivity index (χ0) is 30.7. The lowest BCUT2D eigenvalue weighted by Gasteiger charge is -2.49. The Morgan fingerprint density at radius 3 is 2.60 bits per heavy atom. The second kappa shape index (κ2) is 12.9. The number of carbonyl (C=O) groups is 2. The number of hydrogen-bond donors (Lipinski definition) is 1. The molecule has 1 amide bonds. The number of nitrogens with one attached hydrogen (secondary N) is 1. The smallest absolute Gasteiger partial charge is 0.330 e. The van der Waals surface area contributed by atoms with Crippen molar-refractivity contribution in [2.75, 3.05) is 40.3 Å². The Kier molecular flexibility index (Phi) is 9.74. The molecule has 1 N–H and O–H groups in total. The molecule has 2 saturated heterocycles. The number of Topliss-reactive ketones (excluding diaryl/α,β-unsaturated/α-hetero) is 1. The van der Waals surface area contributed by atoms with Gasteiger partial charge < -0.3 is 15.1 Å². The van der Waals surface area contributed by atoms with E-state index in [4.69, 9.17) is 0 Å². The number of nitriles is 1.